The number of rotatable bonds is 7. The fourth-order valence-corrected chi connectivity index (χ4v) is 3.17. The molecule has 0 spiro atoms. The van der Waals surface area contributed by atoms with Crippen LogP contribution in [0.4, 0.5) is 0 Å². The molecule has 0 amide bonds. The first-order valence-electron chi connectivity index (χ1n) is 8.91. The first kappa shape index (κ1) is 17.3. The van der Waals surface area contributed by atoms with E-state index in [0.717, 1.165) is 40.7 Å². The Balaban J connectivity index is 1.75. The van der Waals surface area contributed by atoms with Gasteiger partial charge in [-0.2, -0.15) is 0 Å². The zero-order chi connectivity index (χ0) is 18.6. The van der Waals surface area contributed by atoms with Gasteiger partial charge in [-0.25, -0.2) is 9.97 Å². The molecule has 4 aromatic rings. The van der Waals surface area contributed by atoms with Gasteiger partial charge in [0.05, 0.1) is 37.2 Å². The largest absolute Gasteiger partial charge is 0.460 e. The minimum absolute atomic E-state index is 0.646. The molecule has 0 N–H and O–H groups in total. The monoisotopic (exact) mass is 362 g/mol. The van der Waals surface area contributed by atoms with E-state index in [9.17, 15) is 0 Å². The Labute approximate surface area is 158 Å². The Hall–Kier alpha value is -3.12. The summed E-state index contributed by atoms with van der Waals surface area (Å²) in [5, 5.41) is 0. The van der Waals surface area contributed by atoms with Crippen molar-refractivity contribution in [1.29, 1.82) is 0 Å². The van der Waals surface area contributed by atoms with Crippen LogP contribution in [0.1, 0.15) is 11.5 Å². The van der Waals surface area contributed by atoms with E-state index in [1.165, 1.54) is 0 Å². The average Bonchev–Trinajstić information content (AvgIpc) is 3.41. The number of hydrogen-bond acceptors (Lipinski definition) is 4. The molecule has 4 rings (SSSR count). The van der Waals surface area contributed by atoms with Gasteiger partial charge in [-0.3, -0.25) is 0 Å². The maximum absolute atomic E-state index is 5.94. The molecule has 27 heavy (non-hydrogen) atoms. The summed E-state index contributed by atoms with van der Waals surface area (Å²) in [4.78, 5) is 8.99. The van der Waals surface area contributed by atoms with Gasteiger partial charge in [-0.1, -0.05) is 30.3 Å². The summed E-state index contributed by atoms with van der Waals surface area (Å²) in [6, 6.07) is 14.1. The summed E-state index contributed by atoms with van der Waals surface area (Å²) in [7, 11) is 1.70. The molecule has 138 valence electrons. The molecule has 0 aliphatic carbocycles. The van der Waals surface area contributed by atoms with E-state index in [2.05, 4.69) is 26.3 Å². The highest BCUT2D eigenvalue weighted by atomic mass is 16.5. The Morgan fingerprint density at radius 2 is 1.89 bits per heavy atom. The average molecular weight is 362 g/mol. The van der Waals surface area contributed by atoms with Crippen LogP contribution in [0.2, 0.25) is 0 Å². The smallest absolute Gasteiger partial charge is 0.152 e. The van der Waals surface area contributed by atoms with Crippen molar-refractivity contribution in [3.63, 3.8) is 0 Å². The number of furan rings is 1. The van der Waals surface area contributed by atoms with E-state index in [1.807, 2.05) is 56.1 Å². The summed E-state index contributed by atoms with van der Waals surface area (Å²) in [6.45, 7) is 4.01. The van der Waals surface area contributed by atoms with E-state index in [4.69, 9.17) is 14.1 Å². The molecule has 6 heteroatoms. The molecule has 0 atom stereocenters. The molecule has 0 radical (unpaired) electrons. The molecule has 0 saturated carbocycles. The highest BCUT2D eigenvalue weighted by Gasteiger charge is 2.18. The van der Waals surface area contributed by atoms with Gasteiger partial charge in [0.1, 0.15) is 11.5 Å². The van der Waals surface area contributed by atoms with Crippen LogP contribution in [-0.2, 0) is 17.8 Å². The SMILES string of the molecule is COCCn1cncc1Cn1cnc(-c2ccccc2)c1-c1ccc(C)o1. The molecule has 0 aliphatic heterocycles. The summed E-state index contributed by atoms with van der Waals surface area (Å²) >= 11 is 0. The normalized spacial score (nSPS) is 11.2. The molecule has 0 aliphatic rings. The Morgan fingerprint density at radius 1 is 1.04 bits per heavy atom. The Bertz CT molecular complexity index is 1010. The van der Waals surface area contributed by atoms with Crippen LogP contribution >= 0.6 is 0 Å². The van der Waals surface area contributed by atoms with E-state index >= 15 is 0 Å². The third-order valence-corrected chi connectivity index (χ3v) is 4.53. The van der Waals surface area contributed by atoms with Crippen molar-refractivity contribution in [2.45, 2.75) is 20.0 Å². The van der Waals surface area contributed by atoms with Crippen LogP contribution in [0.15, 0.2) is 65.7 Å². The molecular formula is C21H22N4O2. The zero-order valence-electron chi connectivity index (χ0n) is 15.5. The number of aromatic nitrogens is 4. The second kappa shape index (κ2) is 7.63. The second-order valence-electron chi connectivity index (χ2n) is 6.42. The predicted octanol–water partition coefficient (Wildman–Crippen LogP) is 4.01. The van der Waals surface area contributed by atoms with Gasteiger partial charge in [-0.15, -0.1) is 0 Å². The van der Waals surface area contributed by atoms with Gasteiger partial charge in [0.25, 0.3) is 0 Å². The molecule has 0 saturated heterocycles. The zero-order valence-corrected chi connectivity index (χ0v) is 15.5. The quantitative estimate of drug-likeness (QED) is 0.498. The van der Waals surface area contributed by atoms with Crippen LogP contribution in [-0.4, -0.2) is 32.8 Å². The maximum Gasteiger partial charge on any atom is 0.152 e. The van der Waals surface area contributed by atoms with Crippen LogP contribution in [0.3, 0.4) is 0 Å². The van der Waals surface area contributed by atoms with E-state index in [1.54, 1.807) is 7.11 Å². The minimum Gasteiger partial charge on any atom is -0.460 e. The van der Waals surface area contributed by atoms with Crippen LogP contribution in [0.5, 0.6) is 0 Å². The first-order valence-corrected chi connectivity index (χ1v) is 8.91. The molecule has 0 bridgehead atoms. The van der Waals surface area contributed by atoms with Crippen molar-refractivity contribution in [3.8, 4) is 22.7 Å². The highest BCUT2D eigenvalue weighted by molar-refractivity contribution is 5.76. The van der Waals surface area contributed by atoms with Gasteiger partial charge in [0, 0.05) is 25.4 Å². The van der Waals surface area contributed by atoms with Crippen molar-refractivity contribution < 1.29 is 9.15 Å². The lowest BCUT2D eigenvalue weighted by Crippen LogP contribution is -2.10. The van der Waals surface area contributed by atoms with Crippen molar-refractivity contribution in [2.24, 2.45) is 0 Å². The lowest BCUT2D eigenvalue weighted by molar-refractivity contribution is 0.186. The van der Waals surface area contributed by atoms with Gasteiger partial charge < -0.3 is 18.3 Å². The van der Waals surface area contributed by atoms with Crippen molar-refractivity contribution in [3.05, 3.63) is 72.8 Å². The summed E-state index contributed by atoms with van der Waals surface area (Å²) in [6.07, 6.45) is 5.58. The van der Waals surface area contributed by atoms with Crippen LogP contribution in [0, 0.1) is 6.92 Å². The van der Waals surface area contributed by atoms with Crippen molar-refractivity contribution in [1.82, 2.24) is 19.1 Å². The number of aryl methyl sites for hydroxylation is 1. The molecule has 3 aromatic heterocycles. The molecule has 6 nitrogen and oxygen atoms in total. The molecule has 3 heterocycles. The number of hydrogen-bond donors (Lipinski definition) is 0. The third kappa shape index (κ3) is 3.57. The van der Waals surface area contributed by atoms with Crippen molar-refractivity contribution >= 4 is 0 Å². The van der Waals surface area contributed by atoms with Crippen LogP contribution in [0.25, 0.3) is 22.7 Å². The number of ether oxygens (including phenoxy) is 1. The molecule has 0 fully saturated rings. The van der Waals surface area contributed by atoms with E-state index in [0.29, 0.717) is 13.2 Å². The number of imidazole rings is 2. The van der Waals surface area contributed by atoms with E-state index < -0.39 is 0 Å². The standard InChI is InChI=1S/C21H22N4O2/c1-16-8-9-19(27-16)21-20(17-6-4-3-5-7-17)23-15-25(21)13-18-12-22-14-24(18)10-11-26-2/h3-9,12,14-15H,10-11,13H2,1-2H3. The number of benzene rings is 1. The number of methoxy groups -OCH3 is 1. The molecule has 0 unspecified atom stereocenters. The second-order valence-corrected chi connectivity index (χ2v) is 6.42. The molecular weight excluding hydrogens is 340 g/mol. The number of nitrogens with zero attached hydrogens (tertiary/aromatic N) is 4. The lowest BCUT2D eigenvalue weighted by atomic mass is 10.1. The molecule has 1 aromatic carbocycles. The third-order valence-electron chi connectivity index (χ3n) is 4.53. The van der Waals surface area contributed by atoms with Gasteiger partial charge in [0.15, 0.2) is 5.76 Å². The fourth-order valence-electron chi connectivity index (χ4n) is 3.17. The Morgan fingerprint density at radius 3 is 2.63 bits per heavy atom. The van der Waals surface area contributed by atoms with E-state index in [-0.39, 0.29) is 0 Å². The van der Waals surface area contributed by atoms with Crippen LogP contribution < -0.4 is 0 Å². The van der Waals surface area contributed by atoms with Crippen molar-refractivity contribution in [2.75, 3.05) is 13.7 Å². The van der Waals surface area contributed by atoms with Gasteiger partial charge >= 0.3 is 0 Å². The van der Waals surface area contributed by atoms with Gasteiger partial charge in [0.2, 0.25) is 0 Å². The predicted molar refractivity (Wildman–Crippen MR) is 103 cm³/mol. The maximum atomic E-state index is 5.94. The first-order chi connectivity index (χ1) is 13.3. The highest BCUT2D eigenvalue weighted by Crippen LogP contribution is 2.32. The summed E-state index contributed by atoms with van der Waals surface area (Å²) in [5.74, 6) is 1.69. The minimum atomic E-state index is 0.646. The topological polar surface area (TPSA) is 58.0 Å². The summed E-state index contributed by atoms with van der Waals surface area (Å²) in [5.41, 5.74) is 4.03. The lowest BCUT2D eigenvalue weighted by Gasteiger charge is -2.11. The fraction of sp³-hybridized carbons (Fsp3) is 0.238. The summed E-state index contributed by atoms with van der Waals surface area (Å²) < 4.78 is 15.3. The van der Waals surface area contributed by atoms with Gasteiger partial charge in [-0.05, 0) is 19.1 Å². The Kier molecular flexibility index (Phi) is 4.89.